The molecule has 1 aliphatic heterocycles. The van der Waals surface area contributed by atoms with E-state index in [1.807, 2.05) is 0 Å². The van der Waals surface area contributed by atoms with Gasteiger partial charge in [-0.2, -0.15) is 0 Å². The summed E-state index contributed by atoms with van der Waals surface area (Å²) in [6, 6.07) is 0. The van der Waals surface area contributed by atoms with Crippen molar-refractivity contribution in [2.45, 2.75) is 0 Å². The molecular formula is C5H6N2O. The van der Waals surface area contributed by atoms with Gasteiger partial charge in [0.15, 0.2) is 6.34 Å². The molecule has 0 aromatic rings. The van der Waals surface area contributed by atoms with Gasteiger partial charge in [-0.3, -0.25) is 4.65 Å². The van der Waals surface area contributed by atoms with Gasteiger partial charge in [0.05, 0.1) is 12.4 Å². The lowest BCUT2D eigenvalue weighted by molar-refractivity contribution is -0.660. The number of quaternary nitrogens is 1. The van der Waals surface area contributed by atoms with Crippen LogP contribution >= 0.6 is 0 Å². The molecule has 0 aliphatic carbocycles. The Kier molecular flexibility index (Phi) is 1.00. The van der Waals surface area contributed by atoms with Gasteiger partial charge in [0.2, 0.25) is 0 Å². The van der Waals surface area contributed by atoms with Crippen LogP contribution in [0.3, 0.4) is 0 Å². The monoisotopic (exact) mass is 110 g/mol. The molecule has 1 unspecified atom stereocenters. The van der Waals surface area contributed by atoms with Crippen LogP contribution in [0, 0.1) is 5.21 Å². The van der Waals surface area contributed by atoms with Gasteiger partial charge < -0.3 is 5.21 Å². The molecule has 0 saturated carbocycles. The van der Waals surface area contributed by atoms with E-state index in [1.165, 1.54) is 24.9 Å². The molecular weight excluding hydrogens is 104 g/mol. The zero-order valence-corrected chi connectivity index (χ0v) is 4.32. The predicted octanol–water partition coefficient (Wildman–Crippen LogP) is 0.958. The second-order valence-corrected chi connectivity index (χ2v) is 1.51. The first-order chi connectivity index (χ1) is 3.77. The minimum absolute atomic E-state index is 0.639. The lowest BCUT2D eigenvalue weighted by Crippen LogP contribution is -2.24. The Morgan fingerprint density at radius 2 is 2.50 bits per heavy atom. The highest BCUT2D eigenvalue weighted by Crippen LogP contribution is 2.07. The summed E-state index contributed by atoms with van der Waals surface area (Å²) in [6.07, 6.45) is 5.36. The number of nitrogens with zero attached hydrogens (tertiary/aromatic N) is 2. The van der Waals surface area contributed by atoms with Crippen molar-refractivity contribution in [3.05, 3.63) is 30.4 Å². The molecule has 0 fully saturated rings. The van der Waals surface area contributed by atoms with Crippen LogP contribution in [0.5, 0.6) is 0 Å². The second-order valence-electron chi connectivity index (χ2n) is 1.51. The van der Waals surface area contributed by atoms with Crippen molar-refractivity contribution in [2.75, 3.05) is 0 Å². The number of hydrogen-bond acceptors (Lipinski definition) is 2. The summed E-state index contributed by atoms with van der Waals surface area (Å²) in [5.74, 6) is 0. The summed E-state index contributed by atoms with van der Waals surface area (Å²) >= 11 is 0. The first-order valence-corrected chi connectivity index (χ1v) is 2.22. The van der Waals surface area contributed by atoms with Crippen LogP contribution in [0.2, 0.25) is 0 Å². The van der Waals surface area contributed by atoms with Gasteiger partial charge in [0.25, 0.3) is 0 Å². The van der Waals surface area contributed by atoms with Gasteiger partial charge >= 0.3 is 0 Å². The first kappa shape index (κ1) is 5.21. The molecule has 0 N–H and O–H groups in total. The molecule has 3 heteroatoms. The van der Waals surface area contributed by atoms with Crippen LogP contribution in [0.25, 0.3) is 0 Å². The Morgan fingerprint density at radius 1 is 1.75 bits per heavy atom. The van der Waals surface area contributed by atoms with E-state index in [9.17, 15) is 5.21 Å². The fraction of sp³-hybridized carbons (Fsp3) is 0. The van der Waals surface area contributed by atoms with Crippen molar-refractivity contribution in [1.29, 1.82) is 0 Å². The number of aliphatic imine (C=N–C) groups is 1. The lowest BCUT2D eigenvalue weighted by atomic mass is 10.7. The van der Waals surface area contributed by atoms with Crippen LogP contribution in [0.15, 0.2) is 30.2 Å². The summed E-state index contributed by atoms with van der Waals surface area (Å²) in [7, 11) is 0. The van der Waals surface area contributed by atoms with Crippen molar-refractivity contribution in [3.63, 3.8) is 0 Å². The maximum absolute atomic E-state index is 10.9. The number of hydrogen-bond donors (Lipinski definition) is 0. The third-order valence-corrected chi connectivity index (χ3v) is 0.918. The standard InChI is InChI=1S/C5H6N2O/c1-2-7(8)4-3-6-5-7/h2-5H,1H2. The summed E-state index contributed by atoms with van der Waals surface area (Å²) < 4.78 is -0.639. The van der Waals surface area contributed by atoms with Crippen LogP contribution in [-0.4, -0.2) is 11.0 Å². The Bertz CT molecular complexity index is 148. The summed E-state index contributed by atoms with van der Waals surface area (Å²) in [5, 5.41) is 10.9. The van der Waals surface area contributed by atoms with Gasteiger partial charge in [-0.25, -0.2) is 4.99 Å². The second kappa shape index (κ2) is 1.54. The smallest absolute Gasteiger partial charge is 0.199 e. The Labute approximate surface area is 47.4 Å². The molecule has 0 spiro atoms. The molecule has 0 bridgehead atoms. The Balaban J connectivity index is 2.83. The fourth-order valence-electron chi connectivity index (χ4n) is 0.432. The maximum Gasteiger partial charge on any atom is 0.199 e. The highest BCUT2D eigenvalue weighted by atomic mass is 16.5. The summed E-state index contributed by atoms with van der Waals surface area (Å²) in [5.41, 5.74) is 0. The van der Waals surface area contributed by atoms with E-state index >= 15 is 0 Å². The van der Waals surface area contributed by atoms with E-state index in [2.05, 4.69) is 11.6 Å². The number of hydroxylamine groups is 3. The van der Waals surface area contributed by atoms with Crippen LogP contribution in [-0.2, 0) is 0 Å². The molecule has 1 rings (SSSR count). The van der Waals surface area contributed by atoms with E-state index in [-0.39, 0.29) is 0 Å². The van der Waals surface area contributed by atoms with E-state index in [1.54, 1.807) is 0 Å². The lowest BCUT2D eigenvalue weighted by Gasteiger charge is -2.24. The van der Waals surface area contributed by atoms with Gasteiger partial charge in [-0.05, 0) is 6.58 Å². The van der Waals surface area contributed by atoms with Crippen LogP contribution in [0.1, 0.15) is 0 Å². The molecule has 1 atom stereocenters. The Hall–Kier alpha value is -0.930. The van der Waals surface area contributed by atoms with Gasteiger partial charge in [-0.1, -0.05) is 0 Å². The third-order valence-electron chi connectivity index (χ3n) is 0.918. The van der Waals surface area contributed by atoms with Crippen molar-refractivity contribution in [2.24, 2.45) is 4.99 Å². The Morgan fingerprint density at radius 3 is 2.75 bits per heavy atom. The summed E-state index contributed by atoms with van der Waals surface area (Å²) in [4.78, 5) is 3.59. The molecule has 0 aromatic heterocycles. The largest absolute Gasteiger partial charge is 0.616 e. The average Bonchev–Trinajstić information content (AvgIpc) is 2.17. The normalized spacial score (nSPS) is 33.6. The molecule has 1 heterocycles. The fourth-order valence-corrected chi connectivity index (χ4v) is 0.432. The minimum atomic E-state index is -0.639. The molecule has 1 aliphatic rings. The van der Waals surface area contributed by atoms with Crippen molar-refractivity contribution in [1.82, 2.24) is 0 Å². The van der Waals surface area contributed by atoms with Crippen LogP contribution < -0.4 is 0 Å². The zero-order valence-electron chi connectivity index (χ0n) is 4.32. The molecule has 0 amide bonds. The molecule has 0 aromatic carbocycles. The molecule has 3 nitrogen and oxygen atoms in total. The first-order valence-electron chi connectivity index (χ1n) is 2.22. The van der Waals surface area contributed by atoms with Gasteiger partial charge in [-0.15, -0.1) is 0 Å². The quantitative estimate of drug-likeness (QED) is 0.365. The third kappa shape index (κ3) is 0.685. The molecule has 0 radical (unpaired) electrons. The SMILES string of the molecule is C=C[N+]1([O-])C=CN=C1. The minimum Gasteiger partial charge on any atom is -0.616 e. The summed E-state index contributed by atoms with van der Waals surface area (Å²) in [6.45, 7) is 3.33. The van der Waals surface area contributed by atoms with Gasteiger partial charge in [0.1, 0.15) is 6.20 Å². The predicted molar refractivity (Wildman–Crippen MR) is 31.5 cm³/mol. The van der Waals surface area contributed by atoms with E-state index in [4.69, 9.17) is 0 Å². The molecule has 42 valence electrons. The topological polar surface area (TPSA) is 35.4 Å². The maximum atomic E-state index is 10.9. The highest BCUT2D eigenvalue weighted by molar-refractivity contribution is 5.52. The van der Waals surface area contributed by atoms with E-state index in [0.717, 1.165) is 0 Å². The number of rotatable bonds is 1. The molecule has 8 heavy (non-hydrogen) atoms. The zero-order chi connectivity index (χ0) is 6.04. The van der Waals surface area contributed by atoms with Crippen molar-refractivity contribution in [3.8, 4) is 0 Å². The highest BCUT2D eigenvalue weighted by Gasteiger charge is 2.07. The van der Waals surface area contributed by atoms with Crippen molar-refractivity contribution < 1.29 is 4.65 Å². The van der Waals surface area contributed by atoms with Crippen LogP contribution in [0.4, 0.5) is 0 Å². The van der Waals surface area contributed by atoms with E-state index in [0.29, 0.717) is 0 Å². The average molecular weight is 110 g/mol. The molecule has 0 saturated heterocycles. The van der Waals surface area contributed by atoms with Crippen molar-refractivity contribution >= 4 is 6.34 Å². The van der Waals surface area contributed by atoms with E-state index < -0.39 is 4.65 Å². The van der Waals surface area contributed by atoms with Gasteiger partial charge in [0, 0.05) is 0 Å².